The molecule has 2 aromatic rings. The zero-order chi connectivity index (χ0) is 11.0. The molecule has 0 bridgehead atoms. The predicted molar refractivity (Wildman–Crippen MR) is 61.7 cm³/mol. The topological polar surface area (TPSA) is 56.6 Å². The van der Waals surface area contributed by atoms with Gasteiger partial charge in [0.1, 0.15) is 11.6 Å². The molecule has 0 fully saturated rings. The van der Waals surface area contributed by atoms with Crippen LogP contribution in [0, 0.1) is 18.3 Å². The van der Waals surface area contributed by atoms with Gasteiger partial charge in [-0.2, -0.15) is 5.26 Å². The minimum Gasteiger partial charge on any atom is -0.359 e. The Bertz CT molecular complexity index is 637. The molecular weight excluding hydrogens is 256 g/mol. The molecule has 1 heterocycles. The van der Waals surface area contributed by atoms with E-state index in [2.05, 4.69) is 20.9 Å². The molecule has 0 amide bonds. The molecule has 0 radical (unpaired) electrons. The van der Waals surface area contributed by atoms with Crippen molar-refractivity contribution < 1.29 is 0 Å². The summed E-state index contributed by atoms with van der Waals surface area (Å²) in [5.74, 6) is 0. The molecule has 0 unspecified atom stereocenters. The van der Waals surface area contributed by atoms with Crippen LogP contribution < -0.4 is 5.43 Å². The summed E-state index contributed by atoms with van der Waals surface area (Å²) >= 11 is 3.39. The fourth-order valence-corrected chi connectivity index (χ4v) is 1.83. The van der Waals surface area contributed by atoms with E-state index in [1.165, 1.54) is 6.20 Å². The molecule has 3 nitrogen and oxygen atoms in total. The lowest BCUT2D eigenvalue weighted by molar-refractivity contribution is 1.31. The summed E-state index contributed by atoms with van der Waals surface area (Å²) in [6.07, 6.45) is 1.45. The van der Waals surface area contributed by atoms with Crippen molar-refractivity contribution in [3.05, 3.63) is 44.2 Å². The summed E-state index contributed by atoms with van der Waals surface area (Å²) in [4.78, 5) is 14.7. The number of hydrogen-bond acceptors (Lipinski definition) is 2. The van der Waals surface area contributed by atoms with E-state index in [9.17, 15) is 4.79 Å². The van der Waals surface area contributed by atoms with Gasteiger partial charge in [0.2, 0.25) is 5.43 Å². The Kier molecular flexibility index (Phi) is 2.33. The van der Waals surface area contributed by atoms with Crippen LogP contribution in [0.25, 0.3) is 10.9 Å². The van der Waals surface area contributed by atoms with Crippen molar-refractivity contribution in [3.8, 4) is 6.07 Å². The Morgan fingerprint density at radius 2 is 2.20 bits per heavy atom. The molecule has 4 heteroatoms. The zero-order valence-electron chi connectivity index (χ0n) is 7.97. The average molecular weight is 263 g/mol. The second kappa shape index (κ2) is 3.52. The van der Waals surface area contributed by atoms with Gasteiger partial charge in [0, 0.05) is 16.1 Å². The summed E-state index contributed by atoms with van der Waals surface area (Å²) in [7, 11) is 0. The first-order chi connectivity index (χ1) is 7.15. The van der Waals surface area contributed by atoms with E-state index in [0.717, 1.165) is 15.6 Å². The number of pyridine rings is 1. The van der Waals surface area contributed by atoms with Crippen molar-refractivity contribution >= 4 is 26.8 Å². The molecule has 1 aromatic carbocycles. The number of aromatic amines is 1. The highest BCUT2D eigenvalue weighted by Crippen LogP contribution is 2.22. The summed E-state index contributed by atoms with van der Waals surface area (Å²) in [6, 6.07) is 5.39. The summed E-state index contributed by atoms with van der Waals surface area (Å²) < 4.78 is 0.940. The van der Waals surface area contributed by atoms with Gasteiger partial charge in [-0.15, -0.1) is 0 Å². The molecule has 0 aliphatic rings. The molecule has 0 aliphatic heterocycles. The molecule has 2 rings (SSSR count). The molecule has 0 saturated heterocycles. The molecule has 1 N–H and O–H groups in total. The molecule has 15 heavy (non-hydrogen) atoms. The van der Waals surface area contributed by atoms with E-state index in [-0.39, 0.29) is 11.0 Å². The first kappa shape index (κ1) is 9.94. The number of hydrogen-bond donors (Lipinski definition) is 1. The average Bonchev–Trinajstić information content (AvgIpc) is 2.24. The van der Waals surface area contributed by atoms with E-state index in [4.69, 9.17) is 5.26 Å². The zero-order valence-corrected chi connectivity index (χ0v) is 9.55. The third-order valence-electron chi connectivity index (χ3n) is 2.37. The van der Waals surface area contributed by atoms with Gasteiger partial charge in [-0.3, -0.25) is 4.79 Å². The molecule has 0 aliphatic carbocycles. The van der Waals surface area contributed by atoms with Crippen LogP contribution in [0.5, 0.6) is 0 Å². The first-order valence-corrected chi connectivity index (χ1v) is 5.15. The van der Waals surface area contributed by atoms with Crippen LogP contribution in [0.1, 0.15) is 11.1 Å². The third kappa shape index (κ3) is 1.45. The summed E-state index contributed by atoms with van der Waals surface area (Å²) in [5, 5.41) is 9.27. The molecule has 0 spiro atoms. The maximum atomic E-state index is 11.8. The van der Waals surface area contributed by atoms with Crippen LogP contribution >= 0.6 is 15.9 Å². The van der Waals surface area contributed by atoms with E-state index >= 15 is 0 Å². The quantitative estimate of drug-likeness (QED) is 0.793. The Labute approximate surface area is 94.5 Å². The molecule has 74 valence electrons. The monoisotopic (exact) mass is 262 g/mol. The fraction of sp³-hybridized carbons (Fsp3) is 0.0909. The molecule has 0 atom stereocenters. The Balaban J connectivity index is 3.00. The maximum absolute atomic E-state index is 11.8. The van der Waals surface area contributed by atoms with Gasteiger partial charge in [-0.1, -0.05) is 15.9 Å². The minimum atomic E-state index is -0.221. The number of H-pyrrole nitrogens is 1. The Morgan fingerprint density at radius 3 is 2.87 bits per heavy atom. The Morgan fingerprint density at radius 1 is 1.47 bits per heavy atom. The highest BCUT2D eigenvalue weighted by atomic mass is 79.9. The normalized spacial score (nSPS) is 10.2. The molecule has 1 aromatic heterocycles. The van der Waals surface area contributed by atoms with E-state index in [1.807, 2.05) is 19.1 Å². The maximum Gasteiger partial charge on any atom is 0.207 e. The number of halogens is 1. The lowest BCUT2D eigenvalue weighted by Gasteiger charge is -2.03. The summed E-state index contributed by atoms with van der Waals surface area (Å²) in [5.41, 5.74) is 1.66. The lowest BCUT2D eigenvalue weighted by atomic mass is 10.1. The lowest BCUT2D eigenvalue weighted by Crippen LogP contribution is -2.07. The number of rotatable bonds is 0. The van der Waals surface area contributed by atoms with Crippen LogP contribution in [0.4, 0.5) is 0 Å². The van der Waals surface area contributed by atoms with E-state index in [0.29, 0.717) is 5.39 Å². The second-order valence-corrected chi connectivity index (χ2v) is 4.09. The molecule has 0 saturated carbocycles. The van der Waals surface area contributed by atoms with Crippen LogP contribution in [0.3, 0.4) is 0 Å². The second-order valence-electron chi connectivity index (χ2n) is 3.24. The highest BCUT2D eigenvalue weighted by Gasteiger charge is 2.07. The van der Waals surface area contributed by atoms with Crippen LogP contribution in [-0.2, 0) is 0 Å². The van der Waals surface area contributed by atoms with E-state index < -0.39 is 0 Å². The van der Waals surface area contributed by atoms with Crippen LogP contribution in [0.2, 0.25) is 0 Å². The number of aryl methyl sites for hydroxylation is 1. The SMILES string of the molecule is Cc1c(Br)ccc2c(=O)c(C#N)c[nH]c12. The predicted octanol–water partition coefficient (Wildman–Crippen LogP) is 2.47. The van der Waals surface area contributed by atoms with Gasteiger partial charge in [0.05, 0.1) is 5.52 Å². The van der Waals surface area contributed by atoms with E-state index in [1.54, 1.807) is 6.07 Å². The van der Waals surface area contributed by atoms with Crippen molar-refractivity contribution in [2.75, 3.05) is 0 Å². The largest absolute Gasteiger partial charge is 0.359 e. The number of aromatic nitrogens is 1. The van der Waals surface area contributed by atoms with Crippen molar-refractivity contribution in [2.24, 2.45) is 0 Å². The third-order valence-corrected chi connectivity index (χ3v) is 3.23. The van der Waals surface area contributed by atoms with Gasteiger partial charge in [0.25, 0.3) is 0 Å². The standard InChI is InChI=1S/C11H7BrN2O/c1-6-9(12)3-2-8-10(6)14-5-7(4-13)11(8)15/h2-3,5H,1H3,(H,14,15). The number of benzene rings is 1. The van der Waals surface area contributed by atoms with Crippen molar-refractivity contribution in [1.82, 2.24) is 4.98 Å². The van der Waals surface area contributed by atoms with Gasteiger partial charge < -0.3 is 4.98 Å². The number of fused-ring (bicyclic) bond motifs is 1. The van der Waals surface area contributed by atoms with Crippen molar-refractivity contribution in [2.45, 2.75) is 6.92 Å². The van der Waals surface area contributed by atoms with Crippen molar-refractivity contribution in [3.63, 3.8) is 0 Å². The van der Waals surface area contributed by atoms with Gasteiger partial charge in [0.15, 0.2) is 0 Å². The van der Waals surface area contributed by atoms with Gasteiger partial charge in [-0.25, -0.2) is 0 Å². The smallest absolute Gasteiger partial charge is 0.207 e. The highest BCUT2D eigenvalue weighted by molar-refractivity contribution is 9.10. The summed E-state index contributed by atoms with van der Waals surface area (Å²) in [6.45, 7) is 1.91. The van der Waals surface area contributed by atoms with Crippen LogP contribution in [-0.4, -0.2) is 4.98 Å². The number of nitrogens with one attached hydrogen (secondary N) is 1. The van der Waals surface area contributed by atoms with Crippen LogP contribution in [0.15, 0.2) is 27.6 Å². The first-order valence-electron chi connectivity index (χ1n) is 4.35. The number of nitrogens with zero attached hydrogens (tertiary/aromatic N) is 1. The van der Waals surface area contributed by atoms with Gasteiger partial charge in [-0.05, 0) is 24.6 Å². The fourth-order valence-electron chi connectivity index (χ4n) is 1.50. The molecular formula is C11H7BrN2O. The van der Waals surface area contributed by atoms with Crippen molar-refractivity contribution in [1.29, 1.82) is 5.26 Å². The number of nitriles is 1. The van der Waals surface area contributed by atoms with Gasteiger partial charge >= 0.3 is 0 Å². The Hall–Kier alpha value is -1.60. The minimum absolute atomic E-state index is 0.143.